The number of hydrogen-bond acceptors (Lipinski definition) is 3. The van der Waals surface area contributed by atoms with Gasteiger partial charge in [-0.25, -0.2) is 4.79 Å². The lowest BCUT2D eigenvalue weighted by molar-refractivity contribution is -0.274. The molecule has 0 unspecified atom stereocenters. The van der Waals surface area contributed by atoms with Gasteiger partial charge in [0.1, 0.15) is 5.75 Å². The Hall–Kier alpha value is -2.90. The molecule has 3 N–H and O–H groups in total. The number of halogens is 3. The highest BCUT2D eigenvalue weighted by atomic mass is 19.4. The molecule has 0 aromatic heterocycles. The molecular weight excluding hydrogens is 311 g/mol. The molecule has 0 aliphatic rings. The standard InChI is InChI=1S/C15H14F3N3O2/c16-15(17,18)23-13-8-6-12(7-9-13)20-21-14(22)19-10-11-4-2-1-3-5-11/h1-9,20H,10H2,(H2,19,21,22). The first-order valence-corrected chi connectivity index (χ1v) is 6.62. The number of amides is 2. The van der Waals surface area contributed by atoms with E-state index in [1.807, 2.05) is 30.3 Å². The van der Waals surface area contributed by atoms with Crippen molar-refractivity contribution in [3.05, 3.63) is 60.2 Å². The molecule has 2 aromatic rings. The van der Waals surface area contributed by atoms with Crippen molar-refractivity contribution in [2.75, 3.05) is 5.43 Å². The van der Waals surface area contributed by atoms with Crippen LogP contribution >= 0.6 is 0 Å². The van der Waals surface area contributed by atoms with E-state index < -0.39 is 12.4 Å². The smallest absolute Gasteiger partial charge is 0.406 e. The quantitative estimate of drug-likeness (QED) is 0.738. The topological polar surface area (TPSA) is 62.4 Å². The number of benzene rings is 2. The summed E-state index contributed by atoms with van der Waals surface area (Å²) < 4.78 is 39.8. The fraction of sp³-hybridized carbons (Fsp3) is 0.133. The van der Waals surface area contributed by atoms with E-state index in [-0.39, 0.29) is 5.75 Å². The van der Waals surface area contributed by atoms with Crippen LogP contribution in [0.15, 0.2) is 54.6 Å². The number of hydrazine groups is 1. The molecule has 0 saturated carbocycles. The normalized spacial score (nSPS) is 10.7. The summed E-state index contributed by atoms with van der Waals surface area (Å²) in [5, 5.41) is 2.63. The van der Waals surface area contributed by atoms with E-state index in [4.69, 9.17) is 0 Å². The Morgan fingerprint density at radius 1 is 1.00 bits per heavy atom. The molecule has 0 spiro atoms. The Balaban J connectivity index is 1.76. The molecule has 0 heterocycles. The van der Waals surface area contributed by atoms with E-state index >= 15 is 0 Å². The summed E-state index contributed by atoms with van der Waals surface area (Å²) in [4.78, 5) is 11.6. The van der Waals surface area contributed by atoms with E-state index in [0.29, 0.717) is 12.2 Å². The Morgan fingerprint density at radius 2 is 1.65 bits per heavy atom. The highest BCUT2D eigenvalue weighted by molar-refractivity contribution is 5.75. The predicted molar refractivity (Wildman–Crippen MR) is 78.6 cm³/mol. The number of ether oxygens (including phenoxy) is 1. The highest BCUT2D eigenvalue weighted by Gasteiger charge is 2.30. The molecule has 0 atom stereocenters. The van der Waals surface area contributed by atoms with Gasteiger partial charge in [-0.05, 0) is 29.8 Å². The lowest BCUT2D eigenvalue weighted by atomic mass is 10.2. The van der Waals surface area contributed by atoms with Crippen LogP contribution in [0.4, 0.5) is 23.7 Å². The summed E-state index contributed by atoms with van der Waals surface area (Å²) in [6, 6.07) is 13.8. The lowest BCUT2D eigenvalue weighted by Gasteiger charge is -2.11. The summed E-state index contributed by atoms with van der Waals surface area (Å²) in [6.45, 7) is 0.354. The number of carbonyl (C=O) groups is 1. The second-order valence-electron chi connectivity index (χ2n) is 4.49. The van der Waals surface area contributed by atoms with Crippen molar-refractivity contribution in [2.24, 2.45) is 0 Å². The molecule has 0 radical (unpaired) electrons. The van der Waals surface area contributed by atoms with Crippen molar-refractivity contribution in [3.63, 3.8) is 0 Å². The first kappa shape index (κ1) is 16.5. The van der Waals surface area contributed by atoms with Crippen molar-refractivity contribution >= 4 is 11.7 Å². The Morgan fingerprint density at radius 3 is 2.26 bits per heavy atom. The van der Waals surface area contributed by atoms with Gasteiger partial charge in [0.05, 0.1) is 5.69 Å². The third kappa shape index (κ3) is 6.16. The van der Waals surface area contributed by atoms with Gasteiger partial charge in [0.25, 0.3) is 0 Å². The van der Waals surface area contributed by atoms with E-state index in [2.05, 4.69) is 20.9 Å². The molecule has 8 heteroatoms. The SMILES string of the molecule is O=C(NCc1ccccc1)NNc1ccc(OC(F)(F)F)cc1. The van der Waals surface area contributed by atoms with Crippen molar-refractivity contribution < 1.29 is 22.7 Å². The fourth-order valence-electron chi connectivity index (χ4n) is 1.69. The van der Waals surface area contributed by atoms with Crippen LogP contribution in [0.3, 0.4) is 0 Å². The zero-order chi connectivity index (χ0) is 16.7. The number of hydrogen-bond donors (Lipinski definition) is 3. The molecule has 2 amide bonds. The van der Waals surface area contributed by atoms with Crippen LogP contribution in [0.2, 0.25) is 0 Å². The summed E-state index contributed by atoms with van der Waals surface area (Å²) in [5.74, 6) is -0.337. The van der Waals surface area contributed by atoms with Gasteiger partial charge in [0, 0.05) is 6.54 Å². The molecule has 0 aliphatic heterocycles. The van der Waals surface area contributed by atoms with Crippen molar-refractivity contribution in [3.8, 4) is 5.75 Å². The molecule has 0 aliphatic carbocycles. The zero-order valence-electron chi connectivity index (χ0n) is 11.9. The molecule has 5 nitrogen and oxygen atoms in total. The zero-order valence-corrected chi connectivity index (χ0v) is 11.9. The Labute approximate surface area is 130 Å². The summed E-state index contributed by atoms with van der Waals surface area (Å²) in [5.41, 5.74) is 6.30. The third-order valence-electron chi connectivity index (χ3n) is 2.70. The van der Waals surface area contributed by atoms with Crippen LogP contribution in [0.1, 0.15) is 5.56 Å². The first-order chi connectivity index (χ1) is 10.9. The van der Waals surface area contributed by atoms with E-state index in [9.17, 15) is 18.0 Å². The molecule has 2 rings (SSSR count). The molecule has 23 heavy (non-hydrogen) atoms. The predicted octanol–water partition coefficient (Wildman–Crippen LogP) is 3.41. The summed E-state index contributed by atoms with van der Waals surface area (Å²) in [7, 11) is 0. The monoisotopic (exact) mass is 325 g/mol. The van der Waals surface area contributed by atoms with Gasteiger partial charge in [-0.15, -0.1) is 13.2 Å². The minimum Gasteiger partial charge on any atom is -0.406 e. The minimum atomic E-state index is -4.73. The van der Waals surface area contributed by atoms with Gasteiger partial charge in [0.15, 0.2) is 0 Å². The van der Waals surface area contributed by atoms with Crippen LogP contribution in [0.5, 0.6) is 5.75 Å². The largest absolute Gasteiger partial charge is 0.573 e. The van der Waals surface area contributed by atoms with Gasteiger partial charge in [-0.2, -0.15) is 0 Å². The maximum atomic E-state index is 12.0. The van der Waals surface area contributed by atoms with Crippen molar-refractivity contribution in [1.82, 2.24) is 10.7 Å². The average molecular weight is 325 g/mol. The maximum absolute atomic E-state index is 12.0. The van der Waals surface area contributed by atoms with Gasteiger partial charge in [-0.3, -0.25) is 10.9 Å². The molecule has 0 fully saturated rings. The molecule has 2 aromatic carbocycles. The number of urea groups is 1. The first-order valence-electron chi connectivity index (χ1n) is 6.62. The van der Waals surface area contributed by atoms with Gasteiger partial charge in [-0.1, -0.05) is 30.3 Å². The van der Waals surface area contributed by atoms with Crippen LogP contribution in [0.25, 0.3) is 0 Å². The Kier molecular flexibility index (Phi) is 5.29. The highest BCUT2D eigenvalue weighted by Crippen LogP contribution is 2.23. The second kappa shape index (κ2) is 7.39. The lowest BCUT2D eigenvalue weighted by Crippen LogP contribution is -2.38. The van der Waals surface area contributed by atoms with Crippen molar-refractivity contribution in [1.29, 1.82) is 0 Å². The Bertz CT molecular complexity index is 631. The van der Waals surface area contributed by atoms with E-state index in [1.54, 1.807) is 0 Å². The number of anilines is 1. The van der Waals surface area contributed by atoms with Crippen molar-refractivity contribution in [2.45, 2.75) is 12.9 Å². The fourth-order valence-corrected chi connectivity index (χ4v) is 1.69. The van der Waals surface area contributed by atoms with Crippen LogP contribution in [-0.2, 0) is 6.54 Å². The second-order valence-corrected chi connectivity index (χ2v) is 4.49. The molecule has 0 saturated heterocycles. The number of nitrogens with one attached hydrogen (secondary N) is 3. The summed E-state index contributed by atoms with van der Waals surface area (Å²) in [6.07, 6.45) is -4.73. The maximum Gasteiger partial charge on any atom is 0.573 e. The molecule has 0 bridgehead atoms. The minimum absolute atomic E-state index is 0.337. The average Bonchev–Trinajstić information content (AvgIpc) is 2.52. The van der Waals surface area contributed by atoms with Crippen LogP contribution < -0.4 is 20.9 Å². The van der Waals surface area contributed by atoms with Gasteiger partial charge in [0.2, 0.25) is 0 Å². The van der Waals surface area contributed by atoms with Crippen LogP contribution in [-0.4, -0.2) is 12.4 Å². The van der Waals surface area contributed by atoms with Gasteiger partial charge < -0.3 is 10.1 Å². The van der Waals surface area contributed by atoms with Gasteiger partial charge >= 0.3 is 12.4 Å². The number of carbonyl (C=O) groups excluding carboxylic acids is 1. The molecular formula is C15H14F3N3O2. The number of rotatable bonds is 5. The molecule has 122 valence electrons. The van der Waals surface area contributed by atoms with Crippen LogP contribution in [0, 0.1) is 0 Å². The summed E-state index contributed by atoms with van der Waals surface area (Å²) >= 11 is 0. The number of alkyl halides is 3. The third-order valence-corrected chi connectivity index (χ3v) is 2.70. The van der Waals surface area contributed by atoms with E-state index in [1.165, 1.54) is 12.1 Å². The van der Waals surface area contributed by atoms with E-state index in [0.717, 1.165) is 17.7 Å².